The molecule has 2 aromatic rings. The molecule has 0 fully saturated rings. The Bertz CT molecular complexity index is 838. The lowest BCUT2D eigenvalue weighted by atomic mass is 10.1. The third kappa shape index (κ3) is 6.46. The van der Waals surface area contributed by atoms with Crippen LogP contribution in [0, 0.1) is 11.6 Å². The van der Waals surface area contributed by atoms with Crippen LogP contribution in [-0.2, 0) is 27.2 Å². The van der Waals surface area contributed by atoms with Crippen LogP contribution in [0.1, 0.15) is 18.1 Å². The molecule has 2 amide bonds. The van der Waals surface area contributed by atoms with Gasteiger partial charge in [-0.3, -0.25) is 9.59 Å². The first-order valence-corrected chi connectivity index (χ1v) is 8.56. The number of carbonyl (C=O) groups is 3. The van der Waals surface area contributed by atoms with Gasteiger partial charge in [0.1, 0.15) is 23.7 Å². The molecule has 6 nitrogen and oxygen atoms in total. The largest absolute Gasteiger partial charge is 0.480 e. The maximum Gasteiger partial charge on any atom is 0.326 e. The number of amides is 2. The fourth-order valence-corrected chi connectivity index (χ4v) is 2.60. The molecule has 3 N–H and O–H groups in total. The van der Waals surface area contributed by atoms with Gasteiger partial charge in [0.15, 0.2) is 0 Å². The number of halogens is 2. The fourth-order valence-electron chi connectivity index (χ4n) is 2.60. The Kier molecular flexibility index (Phi) is 7.20. The summed E-state index contributed by atoms with van der Waals surface area (Å²) in [7, 11) is 0. The zero-order chi connectivity index (χ0) is 20.7. The molecule has 8 heteroatoms. The summed E-state index contributed by atoms with van der Waals surface area (Å²) >= 11 is 0. The summed E-state index contributed by atoms with van der Waals surface area (Å²) in [5, 5.41) is 14.1. The van der Waals surface area contributed by atoms with Crippen molar-refractivity contribution in [1.29, 1.82) is 0 Å². The van der Waals surface area contributed by atoms with Crippen molar-refractivity contribution in [2.45, 2.75) is 31.8 Å². The molecule has 0 saturated carbocycles. The number of rotatable bonds is 8. The predicted octanol–water partition coefficient (Wildman–Crippen LogP) is 1.82. The predicted molar refractivity (Wildman–Crippen MR) is 97.4 cm³/mol. The minimum Gasteiger partial charge on any atom is -0.480 e. The van der Waals surface area contributed by atoms with Crippen LogP contribution in [0.25, 0.3) is 0 Å². The van der Waals surface area contributed by atoms with Gasteiger partial charge in [0.25, 0.3) is 0 Å². The molecule has 0 spiro atoms. The van der Waals surface area contributed by atoms with Gasteiger partial charge in [-0.05, 0) is 30.2 Å². The minimum absolute atomic E-state index is 0.0884. The minimum atomic E-state index is -1.20. The van der Waals surface area contributed by atoms with Crippen molar-refractivity contribution < 1.29 is 28.3 Å². The van der Waals surface area contributed by atoms with Crippen molar-refractivity contribution in [3.05, 3.63) is 71.3 Å². The van der Waals surface area contributed by atoms with E-state index in [1.807, 2.05) is 0 Å². The molecular weight excluding hydrogens is 370 g/mol. The summed E-state index contributed by atoms with van der Waals surface area (Å²) in [6.45, 7) is 1.39. The van der Waals surface area contributed by atoms with E-state index in [0.717, 1.165) is 17.7 Å². The Morgan fingerprint density at radius 1 is 0.964 bits per heavy atom. The molecule has 2 rings (SSSR count). The van der Waals surface area contributed by atoms with Crippen molar-refractivity contribution in [3.63, 3.8) is 0 Å². The molecule has 0 heterocycles. The lowest BCUT2D eigenvalue weighted by Crippen LogP contribution is -2.51. The lowest BCUT2D eigenvalue weighted by Gasteiger charge is -2.19. The van der Waals surface area contributed by atoms with E-state index in [9.17, 15) is 28.3 Å². The first kappa shape index (κ1) is 21.0. The number of carboxylic acids is 1. The van der Waals surface area contributed by atoms with Crippen LogP contribution in [-0.4, -0.2) is 35.0 Å². The molecule has 0 saturated heterocycles. The van der Waals surface area contributed by atoms with Crippen LogP contribution in [0.3, 0.4) is 0 Å². The summed E-state index contributed by atoms with van der Waals surface area (Å²) in [5.41, 5.74) is 0.857. The lowest BCUT2D eigenvalue weighted by molar-refractivity contribution is -0.142. The van der Waals surface area contributed by atoms with E-state index >= 15 is 0 Å². The highest BCUT2D eigenvalue weighted by atomic mass is 19.1. The second-order valence-corrected chi connectivity index (χ2v) is 6.33. The van der Waals surface area contributed by atoms with Crippen molar-refractivity contribution in [3.8, 4) is 0 Å². The van der Waals surface area contributed by atoms with Crippen molar-refractivity contribution >= 4 is 17.8 Å². The van der Waals surface area contributed by atoms with Crippen LogP contribution in [0.5, 0.6) is 0 Å². The zero-order valence-corrected chi connectivity index (χ0v) is 15.1. The van der Waals surface area contributed by atoms with Crippen LogP contribution < -0.4 is 10.6 Å². The number of carboxylic acid groups (broad SMARTS) is 1. The number of nitrogens with one attached hydrogen (secondary N) is 2. The van der Waals surface area contributed by atoms with Gasteiger partial charge in [0, 0.05) is 12.5 Å². The third-order valence-electron chi connectivity index (χ3n) is 3.96. The molecule has 0 bridgehead atoms. The van der Waals surface area contributed by atoms with Gasteiger partial charge in [-0.25, -0.2) is 13.6 Å². The Labute approximate surface area is 160 Å². The summed E-state index contributed by atoms with van der Waals surface area (Å²) in [4.78, 5) is 35.7. The topological polar surface area (TPSA) is 95.5 Å². The summed E-state index contributed by atoms with van der Waals surface area (Å²) in [6, 6.07) is 9.34. The van der Waals surface area contributed by atoms with Gasteiger partial charge < -0.3 is 15.7 Å². The van der Waals surface area contributed by atoms with Gasteiger partial charge in [-0.1, -0.05) is 30.3 Å². The molecular formula is C20H20F2N2O4. The number of hydrogen-bond acceptors (Lipinski definition) is 3. The molecule has 0 aliphatic rings. The van der Waals surface area contributed by atoms with E-state index in [1.165, 1.54) is 6.92 Å². The normalized spacial score (nSPS) is 12.7. The van der Waals surface area contributed by atoms with Gasteiger partial charge in [0.2, 0.25) is 11.8 Å². The average Bonchev–Trinajstić information content (AvgIpc) is 2.60. The van der Waals surface area contributed by atoms with E-state index in [-0.39, 0.29) is 18.4 Å². The highest BCUT2D eigenvalue weighted by molar-refractivity contribution is 5.90. The Hall–Kier alpha value is -3.29. The van der Waals surface area contributed by atoms with Crippen LogP contribution >= 0.6 is 0 Å². The highest BCUT2D eigenvalue weighted by Gasteiger charge is 2.24. The fraction of sp³-hybridized carbons (Fsp3) is 0.250. The first-order chi connectivity index (χ1) is 13.2. The second-order valence-electron chi connectivity index (χ2n) is 6.33. The Balaban J connectivity index is 1.92. The Morgan fingerprint density at radius 3 is 2.14 bits per heavy atom. The molecule has 28 heavy (non-hydrogen) atoms. The van der Waals surface area contributed by atoms with E-state index in [1.54, 1.807) is 30.3 Å². The highest BCUT2D eigenvalue weighted by Crippen LogP contribution is 2.09. The van der Waals surface area contributed by atoms with Gasteiger partial charge in [-0.2, -0.15) is 0 Å². The molecule has 2 unspecified atom stereocenters. The molecule has 0 aromatic heterocycles. The molecule has 0 aliphatic heterocycles. The van der Waals surface area contributed by atoms with E-state index < -0.39 is 41.5 Å². The zero-order valence-electron chi connectivity index (χ0n) is 15.1. The van der Waals surface area contributed by atoms with Crippen molar-refractivity contribution in [1.82, 2.24) is 10.6 Å². The van der Waals surface area contributed by atoms with E-state index in [4.69, 9.17) is 0 Å². The first-order valence-electron chi connectivity index (χ1n) is 8.56. The molecule has 148 valence electrons. The maximum absolute atomic E-state index is 13.2. The SMILES string of the molecule is CC(NC(=O)Cc1cc(F)cc(F)c1)C(=O)NC(Cc1ccccc1)C(=O)O. The van der Waals surface area contributed by atoms with Gasteiger partial charge in [-0.15, -0.1) is 0 Å². The molecule has 0 aliphatic carbocycles. The van der Waals surface area contributed by atoms with E-state index in [0.29, 0.717) is 6.07 Å². The van der Waals surface area contributed by atoms with E-state index in [2.05, 4.69) is 10.6 Å². The molecule has 0 radical (unpaired) electrons. The standard InChI is InChI=1S/C20H20F2N2O4/c1-12(23-18(25)10-14-7-15(21)11-16(22)8-14)19(26)24-17(20(27)28)9-13-5-3-2-4-6-13/h2-8,11-12,17H,9-10H2,1H3,(H,23,25)(H,24,26)(H,27,28). The number of hydrogen-bond donors (Lipinski definition) is 3. The maximum atomic E-state index is 13.2. The summed E-state index contributed by atoms with van der Waals surface area (Å²) in [5.74, 6) is -4.12. The number of benzene rings is 2. The van der Waals surface area contributed by atoms with Crippen molar-refractivity contribution in [2.75, 3.05) is 0 Å². The van der Waals surface area contributed by atoms with Gasteiger partial charge in [0.05, 0.1) is 6.42 Å². The smallest absolute Gasteiger partial charge is 0.326 e. The summed E-state index contributed by atoms with van der Waals surface area (Å²) in [6.07, 6.45) is -0.232. The molecule has 2 atom stereocenters. The monoisotopic (exact) mass is 390 g/mol. The van der Waals surface area contributed by atoms with Crippen molar-refractivity contribution in [2.24, 2.45) is 0 Å². The van der Waals surface area contributed by atoms with Crippen LogP contribution in [0.15, 0.2) is 48.5 Å². The van der Waals surface area contributed by atoms with Gasteiger partial charge >= 0.3 is 5.97 Å². The number of aliphatic carboxylic acids is 1. The van der Waals surface area contributed by atoms with Crippen LogP contribution in [0.2, 0.25) is 0 Å². The summed E-state index contributed by atoms with van der Waals surface area (Å²) < 4.78 is 26.4. The second kappa shape index (κ2) is 9.59. The molecule has 2 aromatic carbocycles. The number of carbonyl (C=O) groups excluding carboxylic acids is 2. The third-order valence-corrected chi connectivity index (χ3v) is 3.96. The Morgan fingerprint density at radius 2 is 1.57 bits per heavy atom. The quantitative estimate of drug-likeness (QED) is 0.641. The van der Waals surface area contributed by atoms with Crippen LogP contribution in [0.4, 0.5) is 8.78 Å². The average molecular weight is 390 g/mol.